The first-order valence-corrected chi connectivity index (χ1v) is 10.5. The van der Waals surface area contributed by atoms with Crippen molar-refractivity contribution in [3.8, 4) is 5.75 Å². The number of anilines is 1. The Bertz CT molecular complexity index is 1240. The highest BCUT2D eigenvalue weighted by molar-refractivity contribution is 8.18. The SMILES string of the molecule is COc1ccc(/C=C2/SC(=O)N(CC(=O)Nc3cccc(Cl)c3)C2=O)c2ccccc12. The van der Waals surface area contributed by atoms with E-state index in [2.05, 4.69) is 5.32 Å². The van der Waals surface area contributed by atoms with Crippen LogP contribution in [0.5, 0.6) is 5.75 Å². The topological polar surface area (TPSA) is 75.7 Å². The Kier molecular flexibility index (Phi) is 5.97. The Balaban J connectivity index is 1.55. The molecule has 3 amide bonds. The molecular formula is C23H17ClN2O4S. The van der Waals surface area contributed by atoms with Crippen molar-refractivity contribution in [1.82, 2.24) is 4.90 Å². The van der Waals surface area contributed by atoms with Gasteiger partial charge in [-0.25, -0.2) is 0 Å². The second-order valence-corrected chi connectivity index (χ2v) is 8.16. The van der Waals surface area contributed by atoms with Gasteiger partial charge in [0.1, 0.15) is 12.3 Å². The normalized spacial score (nSPS) is 15.0. The maximum absolute atomic E-state index is 12.8. The van der Waals surface area contributed by atoms with Gasteiger partial charge < -0.3 is 10.1 Å². The molecule has 0 radical (unpaired) electrons. The maximum Gasteiger partial charge on any atom is 0.294 e. The number of methoxy groups -OCH3 is 1. The minimum Gasteiger partial charge on any atom is -0.496 e. The molecule has 3 aromatic carbocycles. The molecule has 0 aliphatic carbocycles. The first-order valence-electron chi connectivity index (χ1n) is 9.33. The van der Waals surface area contributed by atoms with E-state index in [0.29, 0.717) is 10.7 Å². The Labute approximate surface area is 187 Å². The predicted octanol–water partition coefficient (Wildman–Crippen LogP) is 5.18. The van der Waals surface area contributed by atoms with Gasteiger partial charge in [-0.05, 0) is 53.1 Å². The lowest BCUT2D eigenvalue weighted by Crippen LogP contribution is -2.36. The first kappa shape index (κ1) is 21.0. The number of hydrogen-bond donors (Lipinski definition) is 1. The lowest BCUT2D eigenvalue weighted by atomic mass is 10.0. The zero-order valence-electron chi connectivity index (χ0n) is 16.4. The van der Waals surface area contributed by atoms with Crippen LogP contribution in [0.25, 0.3) is 16.8 Å². The van der Waals surface area contributed by atoms with Crippen molar-refractivity contribution < 1.29 is 19.1 Å². The number of halogens is 1. The summed E-state index contributed by atoms with van der Waals surface area (Å²) >= 11 is 6.73. The summed E-state index contributed by atoms with van der Waals surface area (Å²) in [5, 5.41) is 4.42. The number of nitrogens with one attached hydrogen (secondary N) is 1. The molecule has 0 saturated carbocycles. The zero-order valence-corrected chi connectivity index (χ0v) is 18.0. The average Bonchev–Trinajstić information content (AvgIpc) is 3.01. The van der Waals surface area contributed by atoms with Crippen molar-refractivity contribution >= 4 is 63.0 Å². The number of thioether (sulfide) groups is 1. The molecule has 0 spiro atoms. The molecule has 1 aliphatic heterocycles. The number of carbonyl (C=O) groups excluding carboxylic acids is 3. The van der Waals surface area contributed by atoms with Gasteiger partial charge in [0, 0.05) is 16.1 Å². The van der Waals surface area contributed by atoms with Gasteiger partial charge in [-0.15, -0.1) is 0 Å². The number of imide groups is 1. The number of rotatable bonds is 5. The maximum atomic E-state index is 12.8. The molecule has 1 N–H and O–H groups in total. The standard InChI is InChI=1S/C23H17ClN2O4S/c1-30-19-10-9-14(17-7-2-3-8-18(17)19)11-20-22(28)26(23(29)31-20)13-21(27)25-16-6-4-5-15(24)12-16/h2-12H,13H2,1H3,(H,25,27)/b20-11+. The van der Waals surface area contributed by atoms with Crippen LogP contribution in [-0.2, 0) is 9.59 Å². The molecule has 1 aliphatic rings. The molecule has 0 atom stereocenters. The Hall–Kier alpha value is -3.29. The smallest absolute Gasteiger partial charge is 0.294 e. The lowest BCUT2D eigenvalue weighted by Gasteiger charge is -2.12. The number of carbonyl (C=O) groups is 3. The Morgan fingerprint density at radius 1 is 1.10 bits per heavy atom. The number of nitrogens with zero attached hydrogens (tertiary/aromatic N) is 1. The Morgan fingerprint density at radius 2 is 1.87 bits per heavy atom. The van der Waals surface area contributed by atoms with E-state index in [0.717, 1.165) is 38.7 Å². The predicted molar refractivity (Wildman–Crippen MR) is 123 cm³/mol. The van der Waals surface area contributed by atoms with Crippen LogP contribution in [-0.4, -0.2) is 35.6 Å². The number of benzene rings is 3. The van der Waals surface area contributed by atoms with Crippen LogP contribution in [0.15, 0.2) is 65.6 Å². The van der Waals surface area contributed by atoms with E-state index in [4.69, 9.17) is 16.3 Å². The summed E-state index contributed by atoms with van der Waals surface area (Å²) in [5.41, 5.74) is 1.27. The van der Waals surface area contributed by atoms with Gasteiger partial charge >= 0.3 is 0 Å². The number of ether oxygens (including phenoxy) is 1. The zero-order chi connectivity index (χ0) is 22.0. The molecule has 1 heterocycles. The van der Waals surface area contributed by atoms with E-state index in [1.54, 1.807) is 37.5 Å². The number of fused-ring (bicyclic) bond motifs is 1. The van der Waals surface area contributed by atoms with E-state index in [1.165, 1.54) is 0 Å². The van der Waals surface area contributed by atoms with Crippen molar-refractivity contribution in [2.24, 2.45) is 0 Å². The van der Waals surface area contributed by atoms with Gasteiger partial charge in [-0.1, -0.05) is 48.0 Å². The van der Waals surface area contributed by atoms with Crippen LogP contribution in [0.1, 0.15) is 5.56 Å². The highest BCUT2D eigenvalue weighted by Gasteiger charge is 2.36. The van der Waals surface area contributed by atoms with Crippen LogP contribution in [0, 0.1) is 0 Å². The van der Waals surface area contributed by atoms with E-state index in [1.807, 2.05) is 36.4 Å². The molecular weight excluding hydrogens is 436 g/mol. The quantitative estimate of drug-likeness (QED) is 0.540. The first-order chi connectivity index (χ1) is 15.0. The third-order valence-electron chi connectivity index (χ3n) is 4.71. The van der Waals surface area contributed by atoms with Crippen LogP contribution in [0.3, 0.4) is 0 Å². The summed E-state index contributed by atoms with van der Waals surface area (Å²) in [6.45, 7) is -0.377. The van der Waals surface area contributed by atoms with Crippen molar-refractivity contribution in [2.45, 2.75) is 0 Å². The third kappa shape index (κ3) is 4.42. The van der Waals surface area contributed by atoms with Crippen LogP contribution < -0.4 is 10.1 Å². The van der Waals surface area contributed by atoms with E-state index >= 15 is 0 Å². The van der Waals surface area contributed by atoms with Gasteiger partial charge in [0.2, 0.25) is 5.91 Å². The highest BCUT2D eigenvalue weighted by Crippen LogP contribution is 2.35. The van der Waals surface area contributed by atoms with Gasteiger partial charge in [0.05, 0.1) is 12.0 Å². The van der Waals surface area contributed by atoms with Crippen molar-refractivity contribution in [1.29, 1.82) is 0 Å². The van der Waals surface area contributed by atoms with Gasteiger partial charge in [-0.3, -0.25) is 19.3 Å². The molecule has 1 saturated heterocycles. The fourth-order valence-corrected chi connectivity index (χ4v) is 4.31. The molecule has 6 nitrogen and oxygen atoms in total. The molecule has 156 valence electrons. The summed E-state index contributed by atoms with van der Waals surface area (Å²) in [6.07, 6.45) is 1.67. The lowest BCUT2D eigenvalue weighted by molar-refractivity contribution is -0.127. The second kappa shape index (κ2) is 8.83. The summed E-state index contributed by atoms with van der Waals surface area (Å²) in [6, 6.07) is 17.9. The fraction of sp³-hybridized carbons (Fsp3) is 0.0870. The summed E-state index contributed by atoms with van der Waals surface area (Å²) in [4.78, 5) is 38.7. The largest absolute Gasteiger partial charge is 0.496 e. The minimum atomic E-state index is -0.504. The molecule has 0 bridgehead atoms. The Morgan fingerprint density at radius 3 is 2.61 bits per heavy atom. The summed E-state index contributed by atoms with van der Waals surface area (Å²) < 4.78 is 5.40. The monoisotopic (exact) mass is 452 g/mol. The van der Waals surface area contributed by atoms with Crippen molar-refractivity contribution in [3.05, 3.63) is 76.2 Å². The number of amides is 3. The minimum absolute atomic E-state index is 0.260. The summed E-state index contributed by atoms with van der Waals surface area (Å²) in [7, 11) is 1.60. The third-order valence-corrected chi connectivity index (χ3v) is 5.85. The molecule has 0 unspecified atom stereocenters. The molecule has 1 fully saturated rings. The van der Waals surface area contributed by atoms with Gasteiger partial charge in [0.15, 0.2) is 0 Å². The number of hydrogen-bond acceptors (Lipinski definition) is 5. The van der Waals surface area contributed by atoms with Crippen LogP contribution in [0.4, 0.5) is 10.5 Å². The summed E-state index contributed by atoms with van der Waals surface area (Å²) in [5.74, 6) is -0.268. The van der Waals surface area contributed by atoms with E-state index < -0.39 is 17.1 Å². The van der Waals surface area contributed by atoms with Crippen molar-refractivity contribution in [2.75, 3.05) is 19.0 Å². The molecule has 4 rings (SSSR count). The van der Waals surface area contributed by atoms with E-state index in [9.17, 15) is 14.4 Å². The van der Waals surface area contributed by atoms with Crippen LogP contribution >= 0.6 is 23.4 Å². The fourth-order valence-electron chi connectivity index (χ4n) is 3.29. The van der Waals surface area contributed by atoms with E-state index in [-0.39, 0.29) is 11.4 Å². The van der Waals surface area contributed by atoms with Gasteiger partial charge in [0.25, 0.3) is 11.1 Å². The molecule has 8 heteroatoms. The molecule has 3 aromatic rings. The second-order valence-electron chi connectivity index (χ2n) is 6.73. The molecule has 0 aromatic heterocycles. The van der Waals surface area contributed by atoms with Gasteiger partial charge in [-0.2, -0.15) is 0 Å². The van der Waals surface area contributed by atoms with Crippen molar-refractivity contribution in [3.63, 3.8) is 0 Å². The van der Waals surface area contributed by atoms with Crippen LogP contribution in [0.2, 0.25) is 5.02 Å². The average molecular weight is 453 g/mol. The highest BCUT2D eigenvalue weighted by atomic mass is 35.5. The molecule has 31 heavy (non-hydrogen) atoms.